The largest absolute Gasteiger partial charge is 0.489 e. The van der Waals surface area contributed by atoms with E-state index in [2.05, 4.69) is 5.32 Å². The number of para-hydroxylation sites is 2. The molecule has 16 heavy (non-hydrogen) atoms. The lowest BCUT2D eigenvalue weighted by molar-refractivity contribution is 0.288. The van der Waals surface area contributed by atoms with E-state index in [0.29, 0.717) is 6.61 Å². The SMILES string of the molecule is Clc1ccc(C2COc3ccccc3N2)s1. The molecule has 0 spiro atoms. The van der Waals surface area contributed by atoms with Crippen LogP contribution in [0.3, 0.4) is 0 Å². The third kappa shape index (κ3) is 1.77. The fourth-order valence-electron chi connectivity index (χ4n) is 1.78. The summed E-state index contributed by atoms with van der Waals surface area (Å²) >= 11 is 7.52. The molecule has 82 valence electrons. The van der Waals surface area contributed by atoms with Gasteiger partial charge in [-0.15, -0.1) is 11.3 Å². The van der Waals surface area contributed by atoms with Crippen molar-refractivity contribution < 1.29 is 4.74 Å². The molecule has 0 radical (unpaired) electrons. The van der Waals surface area contributed by atoms with Crippen LogP contribution in [0.1, 0.15) is 10.9 Å². The Hall–Kier alpha value is -1.19. The molecule has 1 aromatic heterocycles. The van der Waals surface area contributed by atoms with Crippen LogP contribution in [0.15, 0.2) is 36.4 Å². The number of hydrogen-bond donors (Lipinski definition) is 1. The van der Waals surface area contributed by atoms with Crippen molar-refractivity contribution in [2.75, 3.05) is 11.9 Å². The molecule has 0 saturated carbocycles. The number of thiophene rings is 1. The maximum atomic E-state index is 5.93. The van der Waals surface area contributed by atoms with Crippen molar-refractivity contribution in [3.05, 3.63) is 45.6 Å². The molecule has 1 aliphatic heterocycles. The molecule has 2 aromatic rings. The molecule has 0 bridgehead atoms. The Kier molecular flexibility index (Phi) is 2.50. The topological polar surface area (TPSA) is 21.3 Å². The third-order valence-electron chi connectivity index (χ3n) is 2.56. The first kappa shape index (κ1) is 10.00. The zero-order chi connectivity index (χ0) is 11.0. The van der Waals surface area contributed by atoms with Gasteiger partial charge >= 0.3 is 0 Å². The molecular weight excluding hydrogens is 242 g/mol. The van der Waals surface area contributed by atoms with Gasteiger partial charge in [0.15, 0.2) is 0 Å². The van der Waals surface area contributed by atoms with E-state index in [-0.39, 0.29) is 6.04 Å². The highest BCUT2D eigenvalue weighted by Crippen LogP contribution is 2.36. The molecule has 2 nitrogen and oxygen atoms in total. The maximum Gasteiger partial charge on any atom is 0.142 e. The Balaban J connectivity index is 1.88. The summed E-state index contributed by atoms with van der Waals surface area (Å²) in [4.78, 5) is 1.21. The number of benzene rings is 1. The van der Waals surface area contributed by atoms with Gasteiger partial charge in [-0.3, -0.25) is 0 Å². The van der Waals surface area contributed by atoms with Gasteiger partial charge < -0.3 is 10.1 Å². The van der Waals surface area contributed by atoms with Crippen molar-refractivity contribution in [3.63, 3.8) is 0 Å². The first-order valence-corrected chi connectivity index (χ1v) is 6.26. The fourth-order valence-corrected chi connectivity index (χ4v) is 2.88. The van der Waals surface area contributed by atoms with Gasteiger partial charge in [0, 0.05) is 4.88 Å². The van der Waals surface area contributed by atoms with E-state index in [1.165, 1.54) is 4.88 Å². The lowest BCUT2D eigenvalue weighted by Gasteiger charge is -2.26. The van der Waals surface area contributed by atoms with E-state index in [9.17, 15) is 0 Å². The Bertz CT molecular complexity index is 511. The second kappa shape index (κ2) is 4.00. The van der Waals surface area contributed by atoms with Crippen molar-refractivity contribution in [2.24, 2.45) is 0 Å². The Morgan fingerprint density at radius 1 is 1.25 bits per heavy atom. The highest BCUT2D eigenvalue weighted by Gasteiger charge is 2.20. The van der Waals surface area contributed by atoms with E-state index >= 15 is 0 Å². The Morgan fingerprint density at radius 2 is 2.12 bits per heavy atom. The number of hydrogen-bond acceptors (Lipinski definition) is 3. The van der Waals surface area contributed by atoms with Crippen LogP contribution < -0.4 is 10.1 Å². The van der Waals surface area contributed by atoms with Gasteiger partial charge in [-0.1, -0.05) is 23.7 Å². The normalized spacial score (nSPS) is 18.4. The van der Waals surface area contributed by atoms with Gasteiger partial charge in [-0.25, -0.2) is 0 Å². The minimum Gasteiger partial charge on any atom is -0.489 e. The Morgan fingerprint density at radius 3 is 2.94 bits per heavy atom. The average molecular weight is 252 g/mol. The number of ether oxygens (including phenoxy) is 1. The lowest BCUT2D eigenvalue weighted by Crippen LogP contribution is -2.22. The average Bonchev–Trinajstić information content (AvgIpc) is 2.75. The van der Waals surface area contributed by atoms with Crippen LogP contribution in [-0.4, -0.2) is 6.61 Å². The predicted molar refractivity (Wildman–Crippen MR) is 67.6 cm³/mol. The molecule has 0 aliphatic carbocycles. The van der Waals surface area contributed by atoms with Crippen molar-refractivity contribution in [1.29, 1.82) is 0 Å². The molecule has 0 amide bonds. The second-order valence-electron chi connectivity index (χ2n) is 3.65. The van der Waals surface area contributed by atoms with E-state index in [0.717, 1.165) is 15.8 Å². The molecule has 0 saturated heterocycles. The summed E-state index contributed by atoms with van der Waals surface area (Å²) in [6.07, 6.45) is 0. The summed E-state index contributed by atoms with van der Waals surface area (Å²) < 4.78 is 6.52. The van der Waals surface area contributed by atoms with Crippen molar-refractivity contribution in [2.45, 2.75) is 6.04 Å². The molecule has 4 heteroatoms. The third-order valence-corrected chi connectivity index (χ3v) is 3.90. The molecular formula is C12H10ClNOS. The minimum absolute atomic E-state index is 0.201. The summed E-state index contributed by atoms with van der Waals surface area (Å²) in [5.74, 6) is 0.918. The van der Waals surface area contributed by atoms with Crippen molar-refractivity contribution >= 4 is 28.6 Å². The summed E-state index contributed by atoms with van der Waals surface area (Å²) in [5.41, 5.74) is 1.04. The van der Waals surface area contributed by atoms with Crippen LogP contribution in [0.4, 0.5) is 5.69 Å². The number of nitrogens with one attached hydrogen (secondary N) is 1. The second-order valence-corrected chi connectivity index (χ2v) is 5.39. The predicted octanol–water partition coefficient (Wildman–Crippen LogP) is 3.95. The van der Waals surface area contributed by atoms with E-state index < -0.39 is 0 Å². The van der Waals surface area contributed by atoms with Crippen LogP contribution in [0.2, 0.25) is 4.34 Å². The van der Waals surface area contributed by atoms with Gasteiger partial charge in [-0.2, -0.15) is 0 Å². The quantitative estimate of drug-likeness (QED) is 0.829. The van der Waals surface area contributed by atoms with Crippen LogP contribution in [-0.2, 0) is 0 Å². The standard InChI is InChI=1S/C12H10ClNOS/c13-12-6-5-11(16-12)9-7-15-10-4-2-1-3-8(10)14-9/h1-6,9,14H,7H2. The van der Waals surface area contributed by atoms with Crippen LogP contribution >= 0.6 is 22.9 Å². The monoisotopic (exact) mass is 251 g/mol. The van der Waals surface area contributed by atoms with Crippen molar-refractivity contribution in [3.8, 4) is 5.75 Å². The van der Waals surface area contributed by atoms with Gasteiger partial charge in [0.05, 0.1) is 16.1 Å². The summed E-state index contributed by atoms with van der Waals surface area (Å²) in [6, 6.07) is 12.1. The van der Waals surface area contributed by atoms with Crippen LogP contribution in [0.25, 0.3) is 0 Å². The van der Waals surface area contributed by atoms with Gasteiger partial charge in [0.2, 0.25) is 0 Å². The van der Waals surface area contributed by atoms with Crippen molar-refractivity contribution in [1.82, 2.24) is 0 Å². The van der Waals surface area contributed by atoms with Gasteiger partial charge in [0.1, 0.15) is 12.4 Å². The number of fused-ring (bicyclic) bond motifs is 1. The summed E-state index contributed by atoms with van der Waals surface area (Å²) in [6.45, 7) is 0.647. The van der Waals surface area contributed by atoms with Crippen LogP contribution in [0, 0.1) is 0 Å². The Labute approximate surface area is 103 Å². The zero-order valence-corrected chi connectivity index (χ0v) is 10.0. The molecule has 2 heterocycles. The molecule has 1 aromatic carbocycles. The molecule has 3 rings (SSSR count). The smallest absolute Gasteiger partial charge is 0.142 e. The fraction of sp³-hybridized carbons (Fsp3) is 0.167. The van der Waals surface area contributed by atoms with Crippen LogP contribution in [0.5, 0.6) is 5.75 Å². The highest BCUT2D eigenvalue weighted by molar-refractivity contribution is 7.16. The molecule has 1 unspecified atom stereocenters. The van der Waals surface area contributed by atoms with Gasteiger partial charge in [0.25, 0.3) is 0 Å². The number of anilines is 1. The zero-order valence-electron chi connectivity index (χ0n) is 8.44. The number of rotatable bonds is 1. The first-order valence-electron chi connectivity index (χ1n) is 5.06. The van der Waals surface area contributed by atoms with E-state index in [1.807, 2.05) is 36.4 Å². The van der Waals surface area contributed by atoms with Gasteiger partial charge in [-0.05, 0) is 24.3 Å². The highest BCUT2D eigenvalue weighted by atomic mass is 35.5. The number of halogens is 1. The van der Waals surface area contributed by atoms with E-state index in [1.54, 1.807) is 11.3 Å². The molecule has 1 aliphatic rings. The molecule has 0 fully saturated rings. The maximum absolute atomic E-state index is 5.93. The summed E-state index contributed by atoms with van der Waals surface area (Å²) in [7, 11) is 0. The summed E-state index contributed by atoms with van der Waals surface area (Å²) in [5, 5.41) is 3.45. The molecule has 1 N–H and O–H groups in total. The lowest BCUT2D eigenvalue weighted by atomic mass is 10.2. The van der Waals surface area contributed by atoms with E-state index in [4.69, 9.17) is 16.3 Å². The minimum atomic E-state index is 0.201. The first-order chi connectivity index (χ1) is 7.83. The molecule has 1 atom stereocenters.